The summed E-state index contributed by atoms with van der Waals surface area (Å²) < 4.78 is 12.1. The van der Waals surface area contributed by atoms with Gasteiger partial charge in [0.1, 0.15) is 12.4 Å². The molecular weight excluding hydrogens is 428 g/mol. The van der Waals surface area contributed by atoms with Gasteiger partial charge in [-0.1, -0.05) is 18.2 Å². The molecule has 2 bridgehead atoms. The van der Waals surface area contributed by atoms with Gasteiger partial charge in [-0.05, 0) is 49.7 Å². The van der Waals surface area contributed by atoms with Crippen LogP contribution in [0, 0.1) is 11.3 Å². The molecule has 1 amide bonds. The molecular formula is C27H32N4O3. The summed E-state index contributed by atoms with van der Waals surface area (Å²) in [6.45, 7) is 10.6. The van der Waals surface area contributed by atoms with Crippen LogP contribution in [0.4, 0.5) is 5.69 Å². The molecule has 2 aromatic rings. The van der Waals surface area contributed by atoms with Gasteiger partial charge >= 0.3 is 0 Å². The van der Waals surface area contributed by atoms with Crippen LogP contribution in [0.3, 0.4) is 0 Å². The summed E-state index contributed by atoms with van der Waals surface area (Å²) in [4.78, 5) is 19.9. The molecule has 7 nitrogen and oxygen atoms in total. The first-order valence-corrected chi connectivity index (χ1v) is 12.1. The second-order valence-corrected chi connectivity index (χ2v) is 9.98. The molecule has 2 saturated heterocycles. The van der Waals surface area contributed by atoms with Gasteiger partial charge in [-0.3, -0.25) is 14.6 Å². The Morgan fingerprint density at radius 3 is 2.29 bits per heavy atom. The highest BCUT2D eigenvalue weighted by molar-refractivity contribution is 6.07. The zero-order valence-electron chi connectivity index (χ0n) is 19.9. The monoisotopic (exact) mass is 460 g/mol. The smallest absolute Gasteiger partial charge is 0.237 e. The minimum absolute atomic E-state index is 0.181. The number of rotatable bonds is 7. The maximum Gasteiger partial charge on any atom is 0.237 e. The van der Waals surface area contributed by atoms with Crippen molar-refractivity contribution in [2.45, 2.75) is 31.5 Å². The third kappa shape index (κ3) is 4.54. The normalized spacial score (nSPS) is 24.0. The summed E-state index contributed by atoms with van der Waals surface area (Å²) in [6, 6.07) is 17.5. The molecule has 5 rings (SSSR count). The van der Waals surface area contributed by atoms with Gasteiger partial charge in [0.05, 0.1) is 29.3 Å². The van der Waals surface area contributed by atoms with Crippen molar-refractivity contribution >= 4 is 11.6 Å². The average molecular weight is 461 g/mol. The molecule has 2 unspecified atom stereocenters. The van der Waals surface area contributed by atoms with E-state index in [0.717, 1.165) is 56.3 Å². The van der Waals surface area contributed by atoms with Crippen molar-refractivity contribution in [2.75, 3.05) is 57.3 Å². The minimum Gasteiger partial charge on any atom is -0.492 e. The lowest BCUT2D eigenvalue weighted by molar-refractivity contribution is -0.139. The van der Waals surface area contributed by atoms with Gasteiger partial charge in [-0.15, -0.1) is 0 Å². The van der Waals surface area contributed by atoms with E-state index in [9.17, 15) is 4.79 Å². The number of benzene rings is 2. The Balaban J connectivity index is 1.10. The maximum absolute atomic E-state index is 13.1. The van der Waals surface area contributed by atoms with Crippen molar-refractivity contribution in [2.24, 2.45) is 0 Å². The Morgan fingerprint density at radius 1 is 0.971 bits per heavy atom. The standard InChI is InChI=1S/C27H32N4O3/c1-27(2)24-5-3-4-6-25(24)31(26(27)32)12-11-29-16-22-18-30(19-23(17-29)34-22)13-14-33-21-9-7-20(15-28)8-10-21/h3-10,22-23H,11-14,16-19H2,1-2H3. The number of amides is 1. The number of fused-ring (bicyclic) bond motifs is 3. The van der Waals surface area contributed by atoms with Crippen LogP contribution in [0.1, 0.15) is 25.0 Å². The molecule has 0 aromatic heterocycles. The molecule has 2 aromatic carbocycles. The minimum atomic E-state index is -0.460. The van der Waals surface area contributed by atoms with E-state index in [1.165, 1.54) is 0 Å². The molecule has 0 spiro atoms. The third-order valence-electron chi connectivity index (χ3n) is 7.18. The summed E-state index contributed by atoms with van der Waals surface area (Å²) in [5.74, 6) is 0.982. The zero-order chi connectivity index (χ0) is 23.7. The molecule has 0 radical (unpaired) electrons. The van der Waals surface area contributed by atoms with Gasteiger partial charge in [0.25, 0.3) is 0 Å². The number of anilines is 1. The van der Waals surface area contributed by atoms with E-state index in [1.807, 2.05) is 43.0 Å². The van der Waals surface area contributed by atoms with E-state index >= 15 is 0 Å². The van der Waals surface area contributed by atoms with E-state index < -0.39 is 5.41 Å². The van der Waals surface area contributed by atoms with Gasteiger partial charge in [0, 0.05) is 51.5 Å². The predicted octanol–water partition coefficient (Wildman–Crippen LogP) is 2.65. The van der Waals surface area contributed by atoms with Crippen molar-refractivity contribution in [3.05, 3.63) is 59.7 Å². The summed E-state index contributed by atoms with van der Waals surface area (Å²) in [5, 5.41) is 8.90. The number of carbonyl (C=O) groups is 1. The molecule has 3 aliphatic rings. The lowest BCUT2D eigenvalue weighted by atomic mass is 9.86. The number of hydrogen-bond acceptors (Lipinski definition) is 6. The lowest BCUT2D eigenvalue weighted by Gasteiger charge is -2.46. The van der Waals surface area contributed by atoms with Gasteiger partial charge in [-0.2, -0.15) is 5.26 Å². The summed E-state index contributed by atoms with van der Waals surface area (Å²) in [5.41, 5.74) is 2.36. The Bertz CT molecular complexity index is 1060. The van der Waals surface area contributed by atoms with Crippen molar-refractivity contribution in [1.29, 1.82) is 5.26 Å². The number of nitriles is 1. The number of carbonyl (C=O) groups excluding carboxylic acids is 1. The van der Waals surface area contributed by atoms with Gasteiger partial charge in [-0.25, -0.2) is 0 Å². The van der Waals surface area contributed by atoms with E-state index in [-0.39, 0.29) is 18.1 Å². The molecule has 0 aliphatic carbocycles. The van der Waals surface area contributed by atoms with Crippen LogP contribution in [0.5, 0.6) is 5.75 Å². The third-order valence-corrected chi connectivity index (χ3v) is 7.18. The number of nitrogens with zero attached hydrogens (tertiary/aromatic N) is 4. The first kappa shape index (κ1) is 22.9. The largest absolute Gasteiger partial charge is 0.492 e. The molecule has 2 fully saturated rings. The predicted molar refractivity (Wildman–Crippen MR) is 130 cm³/mol. The topological polar surface area (TPSA) is 69.0 Å². The fourth-order valence-corrected chi connectivity index (χ4v) is 5.41. The highest BCUT2D eigenvalue weighted by Crippen LogP contribution is 2.41. The van der Waals surface area contributed by atoms with Crippen LogP contribution in [0.25, 0.3) is 0 Å². The van der Waals surface area contributed by atoms with Gasteiger partial charge < -0.3 is 14.4 Å². The van der Waals surface area contributed by atoms with Crippen molar-refractivity contribution in [3.8, 4) is 11.8 Å². The molecule has 0 N–H and O–H groups in total. The molecule has 178 valence electrons. The fourth-order valence-electron chi connectivity index (χ4n) is 5.41. The first-order chi connectivity index (χ1) is 16.4. The van der Waals surface area contributed by atoms with Gasteiger partial charge in [0.2, 0.25) is 5.91 Å². The van der Waals surface area contributed by atoms with Crippen LogP contribution in [-0.2, 0) is 14.9 Å². The number of hydrogen-bond donors (Lipinski definition) is 0. The molecule has 7 heteroatoms. The molecule has 3 aliphatic heterocycles. The highest BCUT2D eigenvalue weighted by Gasteiger charge is 2.43. The first-order valence-electron chi connectivity index (χ1n) is 12.1. The van der Waals surface area contributed by atoms with Crippen molar-refractivity contribution in [1.82, 2.24) is 9.80 Å². The Kier molecular flexibility index (Phi) is 6.30. The van der Waals surface area contributed by atoms with Crippen LogP contribution >= 0.6 is 0 Å². The average Bonchev–Trinajstić information content (AvgIpc) is 3.03. The summed E-state index contributed by atoms with van der Waals surface area (Å²) >= 11 is 0. The number of para-hydroxylation sites is 1. The van der Waals surface area contributed by atoms with Crippen LogP contribution < -0.4 is 9.64 Å². The molecule has 0 saturated carbocycles. The van der Waals surface area contributed by atoms with Crippen molar-refractivity contribution < 1.29 is 14.3 Å². The second-order valence-electron chi connectivity index (χ2n) is 9.98. The molecule has 2 atom stereocenters. The maximum atomic E-state index is 13.1. The Hall–Kier alpha value is -2.92. The van der Waals surface area contributed by atoms with E-state index in [4.69, 9.17) is 14.7 Å². The van der Waals surface area contributed by atoms with Crippen molar-refractivity contribution in [3.63, 3.8) is 0 Å². The Morgan fingerprint density at radius 2 is 1.62 bits per heavy atom. The van der Waals surface area contributed by atoms with E-state index in [1.54, 1.807) is 12.1 Å². The molecule has 34 heavy (non-hydrogen) atoms. The SMILES string of the molecule is CC1(C)C(=O)N(CCN2CC3CN(CCOc4ccc(C#N)cc4)CC(C2)O3)c2ccccc21. The fraction of sp³-hybridized carbons (Fsp3) is 0.481. The summed E-state index contributed by atoms with van der Waals surface area (Å²) in [7, 11) is 0. The number of morpholine rings is 2. The second kappa shape index (κ2) is 9.38. The quantitative estimate of drug-likeness (QED) is 0.633. The van der Waals surface area contributed by atoms with Crippen LogP contribution in [0.2, 0.25) is 0 Å². The summed E-state index contributed by atoms with van der Waals surface area (Å²) in [6.07, 6.45) is 0.362. The lowest BCUT2D eigenvalue weighted by Crippen LogP contribution is -2.60. The Labute approximate surface area is 201 Å². The van der Waals surface area contributed by atoms with E-state index in [0.29, 0.717) is 18.7 Å². The van der Waals surface area contributed by atoms with E-state index in [2.05, 4.69) is 28.0 Å². The highest BCUT2D eigenvalue weighted by atomic mass is 16.5. The zero-order valence-corrected chi connectivity index (χ0v) is 19.9. The van der Waals surface area contributed by atoms with Crippen LogP contribution in [0.15, 0.2) is 48.5 Å². The molecule has 3 heterocycles. The van der Waals surface area contributed by atoms with Gasteiger partial charge in [0.15, 0.2) is 0 Å². The number of ether oxygens (including phenoxy) is 2. The van der Waals surface area contributed by atoms with Crippen LogP contribution in [-0.4, -0.2) is 80.3 Å².